The van der Waals surface area contributed by atoms with Gasteiger partial charge in [-0.2, -0.15) is 0 Å². The topological polar surface area (TPSA) is 34.0 Å². The first-order valence-electron chi connectivity index (χ1n) is 30.5. The van der Waals surface area contributed by atoms with Crippen molar-refractivity contribution in [3.05, 3.63) is 294 Å². The summed E-state index contributed by atoms with van der Waals surface area (Å²) in [4.78, 5) is 13.9. The van der Waals surface area contributed by atoms with Crippen molar-refractivity contribution < 1.29 is 0 Å². The van der Waals surface area contributed by atoms with Gasteiger partial charge in [0.2, 0.25) is 5.95 Å². The number of anilines is 3. The van der Waals surface area contributed by atoms with Crippen LogP contribution in [0.2, 0.25) is 0 Å². The number of fused-ring (bicyclic) bond motifs is 16. The van der Waals surface area contributed by atoms with Gasteiger partial charge in [-0.05, 0) is 165 Å². The van der Waals surface area contributed by atoms with Crippen LogP contribution in [0.1, 0.15) is 61.1 Å². The molecule has 0 aliphatic heterocycles. The summed E-state index contributed by atoms with van der Waals surface area (Å²) in [7, 11) is 0. The van der Waals surface area contributed by atoms with E-state index in [0.717, 1.165) is 62.5 Å². The van der Waals surface area contributed by atoms with Crippen LogP contribution in [0.5, 0.6) is 0 Å². The van der Waals surface area contributed by atoms with Crippen LogP contribution in [0.3, 0.4) is 0 Å². The van der Waals surface area contributed by atoms with Gasteiger partial charge >= 0.3 is 0 Å². The molecule has 3 aliphatic rings. The van der Waals surface area contributed by atoms with Crippen molar-refractivity contribution in [3.8, 4) is 61.8 Å². The van der Waals surface area contributed by atoms with Crippen LogP contribution < -0.4 is 4.90 Å². The predicted octanol–water partition coefficient (Wildman–Crippen LogP) is 21.8. The van der Waals surface area contributed by atoms with Gasteiger partial charge in [0, 0.05) is 49.5 Å². The Morgan fingerprint density at radius 2 is 0.966 bits per heavy atom. The third kappa shape index (κ3) is 7.19. The SMILES string of the molecule is CC1(C)c2ccccc2-c2cc(N(c3ccc4c(c3)C(C)(C)c3c-4ccc4c3c3cc5c6ccccc6c6ccccc6c5cc3n4-c3nc(-c4ccccc4)cc(-c4ccccc4-c4ccccc4)n3)c3ccc4c5c(cccc35)CC=C4)ccc21. The second kappa shape index (κ2) is 18.4. The molecule has 0 atom stereocenters. The number of hydrogen-bond donors (Lipinski definition) is 0. The zero-order valence-electron chi connectivity index (χ0n) is 48.9. The second-order valence-electron chi connectivity index (χ2n) is 25.2. The van der Waals surface area contributed by atoms with Gasteiger partial charge in [0.05, 0.1) is 28.1 Å². The lowest BCUT2D eigenvalue weighted by molar-refractivity contribution is 0.660. The molecular weight excluding hydrogens is 1050 g/mol. The minimum atomic E-state index is -0.455. The molecule has 0 saturated heterocycles. The largest absolute Gasteiger partial charge is 0.310 e. The van der Waals surface area contributed by atoms with Gasteiger partial charge in [-0.15, -0.1) is 0 Å². The first-order chi connectivity index (χ1) is 42.7. The number of rotatable bonds is 7. The average molecular weight is 1110 g/mol. The maximum absolute atomic E-state index is 5.73. The number of hydrogen-bond acceptors (Lipinski definition) is 3. The molecule has 0 spiro atoms. The predicted molar refractivity (Wildman–Crippen MR) is 365 cm³/mol. The van der Waals surface area contributed by atoms with Crippen molar-refractivity contribution in [2.24, 2.45) is 0 Å². The maximum Gasteiger partial charge on any atom is 0.235 e. The van der Waals surface area contributed by atoms with Crippen LogP contribution >= 0.6 is 0 Å². The molecule has 4 heteroatoms. The minimum absolute atomic E-state index is 0.111. The number of aromatic nitrogens is 3. The van der Waals surface area contributed by atoms with Gasteiger partial charge in [0.1, 0.15) is 0 Å². The van der Waals surface area contributed by atoms with E-state index in [1.54, 1.807) is 0 Å². The fraction of sp³-hybridized carbons (Fsp3) is 0.0843. The molecule has 0 amide bonds. The molecule has 2 aromatic heterocycles. The normalized spacial score (nSPS) is 14.1. The molecular formula is C83H58N4. The Balaban J connectivity index is 0.899. The Hall–Kier alpha value is -10.7. The summed E-state index contributed by atoms with van der Waals surface area (Å²) in [6.07, 6.45) is 5.52. The van der Waals surface area contributed by atoms with Crippen molar-refractivity contribution in [1.29, 1.82) is 0 Å². The molecule has 0 N–H and O–H groups in total. The highest BCUT2D eigenvalue weighted by atomic mass is 15.2. The van der Waals surface area contributed by atoms with Crippen molar-refractivity contribution in [3.63, 3.8) is 0 Å². The fourth-order valence-electron chi connectivity index (χ4n) is 15.7. The van der Waals surface area contributed by atoms with E-state index in [9.17, 15) is 0 Å². The van der Waals surface area contributed by atoms with E-state index in [2.05, 4.69) is 304 Å². The number of allylic oxidation sites excluding steroid dienone is 1. The molecule has 0 bridgehead atoms. The van der Waals surface area contributed by atoms with Gasteiger partial charge in [-0.25, -0.2) is 9.97 Å². The fourth-order valence-corrected chi connectivity index (χ4v) is 15.7. The quantitative estimate of drug-likeness (QED) is 0.149. The molecule has 0 unspecified atom stereocenters. The molecule has 410 valence electrons. The van der Waals surface area contributed by atoms with Crippen LogP contribution in [-0.4, -0.2) is 14.5 Å². The van der Waals surface area contributed by atoms with Gasteiger partial charge in [-0.3, -0.25) is 4.57 Å². The van der Waals surface area contributed by atoms with E-state index >= 15 is 0 Å². The summed E-state index contributed by atoms with van der Waals surface area (Å²) in [5.41, 5.74) is 24.2. The molecule has 87 heavy (non-hydrogen) atoms. The van der Waals surface area contributed by atoms with E-state index in [0.29, 0.717) is 5.95 Å². The van der Waals surface area contributed by atoms with E-state index in [-0.39, 0.29) is 5.41 Å². The van der Waals surface area contributed by atoms with E-state index in [1.807, 2.05) is 0 Å². The second-order valence-corrected chi connectivity index (χ2v) is 25.2. The first kappa shape index (κ1) is 49.7. The van der Waals surface area contributed by atoms with Gasteiger partial charge in [0.15, 0.2) is 0 Å². The van der Waals surface area contributed by atoms with Crippen LogP contribution in [0, 0.1) is 0 Å². The smallest absolute Gasteiger partial charge is 0.235 e. The summed E-state index contributed by atoms with van der Waals surface area (Å²) in [5.74, 6) is 0.627. The van der Waals surface area contributed by atoms with Crippen molar-refractivity contribution in [1.82, 2.24) is 14.5 Å². The van der Waals surface area contributed by atoms with Gasteiger partial charge < -0.3 is 4.90 Å². The molecule has 3 aliphatic carbocycles. The Bertz CT molecular complexity index is 5490. The minimum Gasteiger partial charge on any atom is -0.310 e. The highest BCUT2D eigenvalue weighted by Gasteiger charge is 2.40. The molecule has 2 heterocycles. The van der Waals surface area contributed by atoms with Crippen molar-refractivity contribution in [2.75, 3.05) is 4.90 Å². The lowest BCUT2D eigenvalue weighted by Gasteiger charge is -2.30. The van der Waals surface area contributed by atoms with Crippen molar-refractivity contribution in [2.45, 2.75) is 44.9 Å². The summed E-state index contributed by atoms with van der Waals surface area (Å²) in [6.45, 7) is 9.64. The lowest BCUT2D eigenvalue weighted by atomic mass is 9.80. The number of nitrogens with zero attached hydrogens (tertiary/aromatic N) is 4. The molecule has 0 radical (unpaired) electrons. The van der Waals surface area contributed by atoms with Crippen molar-refractivity contribution >= 4 is 88.0 Å². The van der Waals surface area contributed by atoms with Crippen LogP contribution in [0.4, 0.5) is 17.1 Å². The highest BCUT2D eigenvalue weighted by Crippen LogP contribution is 2.57. The Morgan fingerprint density at radius 1 is 0.368 bits per heavy atom. The first-order valence-corrected chi connectivity index (χ1v) is 30.5. The Kier molecular flexibility index (Phi) is 10.5. The third-order valence-corrected chi connectivity index (χ3v) is 19.8. The van der Waals surface area contributed by atoms with E-state index < -0.39 is 5.41 Å². The van der Waals surface area contributed by atoms with Crippen LogP contribution in [0.15, 0.2) is 261 Å². The lowest BCUT2D eigenvalue weighted by Crippen LogP contribution is -2.17. The summed E-state index contributed by atoms with van der Waals surface area (Å²) in [6, 6.07) is 94.7. The number of benzene rings is 13. The summed E-state index contributed by atoms with van der Waals surface area (Å²) >= 11 is 0. The molecule has 13 aromatic carbocycles. The average Bonchev–Trinajstić information content (AvgIpc) is 1.74. The standard InChI is InChI=1S/C83H58N4/c1-82(2)70-36-18-17-33-61(70)68-45-54(39-42-71(68)82)86(75-43-37-53-26-19-25-52-27-20-35-65(75)78(52)53)55-38-40-62-64-41-44-76-79(80(64)83(3,4)72(62)46-55)69-47-66-59-31-14-12-29-57(59)58-30-13-15-32-60(58)67(66)48-77(69)87(76)81-84-73(51-23-9-6-10-24-51)49-74(85-81)63-34-16-11-28-56(63)50-21-7-5-8-22-50/h5-24,26-49H,25H2,1-4H3. The third-order valence-electron chi connectivity index (χ3n) is 19.8. The zero-order valence-corrected chi connectivity index (χ0v) is 48.9. The monoisotopic (exact) mass is 1110 g/mol. The van der Waals surface area contributed by atoms with Crippen LogP contribution in [-0.2, 0) is 17.3 Å². The molecule has 4 nitrogen and oxygen atoms in total. The molecule has 0 saturated carbocycles. The Morgan fingerprint density at radius 3 is 1.74 bits per heavy atom. The summed E-state index contributed by atoms with van der Waals surface area (Å²) < 4.78 is 2.38. The van der Waals surface area contributed by atoms with E-state index in [4.69, 9.17) is 9.97 Å². The van der Waals surface area contributed by atoms with Gasteiger partial charge in [0.25, 0.3) is 0 Å². The molecule has 18 rings (SSSR count). The molecule has 0 fully saturated rings. The zero-order chi connectivity index (χ0) is 57.9. The van der Waals surface area contributed by atoms with Gasteiger partial charge in [-0.1, -0.05) is 240 Å². The van der Waals surface area contributed by atoms with E-state index in [1.165, 1.54) is 115 Å². The maximum atomic E-state index is 5.73. The summed E-state index contributed by atoms with van der Waals surface area (Å²) in [5, 5.41) is 12.4. The Labute approximate surface area is 505 Å². The molecule has 15 aromatic rings. The highest BCUT2D eigenvalue weighted by molar-refractivity contribution is 6.29. The van der Waals surface area contributed by atoms with Crippen LogP contribution in [0.25, 0.3) is 133 Å².